The lowest BCUT2D eigenvalue weighted by Crippen LogP contribution is -2.23. The molecule has 0 fully saturated rings. The molecule has 2 aromatic carbocycles. The Bertz CT molecular complexity index is 847. The van der Waals surface area contributed by atoms with E-state index < -0.39 is 21.9 Å². The van der Waals surface area contributed by atoms with Crippen LogP contribution in [0, 0.1) is 0 Å². The van der Waals surface area contributed by atoms with Gasteiger partial charge in [-0.25, -0.2) is 13.2 Å². The number of hydrogen-bond acceptors (Lipinski definition) is 5. The van der Waals surface area contributed by atoms with Gasteiger partial charge in [0.2, 0.25) is 0 Å². The number of rotatable bonds is 6. The number of carbonyl (C=O) groups is 1. The van der Waals surface area contributed by atoms with Gasteiger partial charge in [0.05, 0.1) is 9.79 Å². The molecule has 0 aromatic heterocycles. The van der Waals surface area contributed by atoms with E-state index in [1.807, 2.05) is 0 Å². The number of aliphatic carboxylic acids is 1. The van der Waals surface area contributed by atoms with E-state index >= 15 is 0 Å². The van der Waals surface area contributed by atoms with Gasteiger partial charge in [-0.2, -0.15) is 0 Å². The third-order valence-electron chi connectivity index (χ3n) is 3.04. The number of hydrogen-bond donors (Lipinski definition) is 1. The third kappa shape index (κ3) is 4.90. The summed E-state index contributed by atoms with van der Waals surface area (Å²) in [5, 5.41) is 9.46. The van der Waals surface area contributed by atoms with Crippen LogP contribution in [0.15, 0.2) is 57.2 Å². The number of carboxylic acids is 1. The van der Waals surface area contributed by atoms with Gasteiger partial charge in [-0.1, -0.05) is 23.4 Å². The van der Waals surface area contributed by atoms with Crippen molar-refractivity contribution in [1.29, 1.82) is 0 Å². The molecule has 1 atom stereocenters. The Hall–Kier alpha value is -1.70. The fourth-order valence-electron chi connectivity index (χ4n) is 1.78. The van der Waals surface area contributed by atoms with Crippen molar-refractivity contribution in [2.75, 3.05) is 6.26 Å². The first kappa shape index (κ1) is 18.6. The Balaban J connectivity index is 2.28. The lowest BCUT2D eigenvalue weighted by atomic mass is 10.3. The molecule has 0 heterocycles. The first-order chi connectivity index (χ1) is 11.2. The van der Waals surface area contributed by atoms with E-state index in [4.69, 9.17) is 21.4 Å². The highest BCUT2D eigenvalue weighted by molar-refractivity contribution is 7.99. The Morgan fingerprint density at radius 2 is 1.83 bits per heavy atom. The van der Waals surface area contributed by atoms with E-state index in [0.29, 0.717) is 15.7 Å². The summed E-state index contributed by atoms with van der Waals surface area (Å²) in [6.45, 7) is 1.44. The third-order valence-corrected chi connectivity index (χ3v) is 5.45. The molecule has 0 aliphatic heterocycles. The number of halogens is 1. The lowest BCUT2D eigenvalue weighted by molar-refractivity contribution is -0.144. The summed E-state index contributed by atoms with van der Waals surface area (Å²) in [6.07, 6.45) is 0.142. The summed E-state index contributed by atoms with van der Waals surface area (Å²) >= 11 is 7.31. The molecule has 0 aliphatic rings. The van der Waals surface area contributed by atoms with Crippen LogP contribution in [0.25, 0.3) is 0 Å². The number of ether oxygens (including phenoxy) is 1. The van der Waals surface area contributed by atoms with Gasteiger partial charge in [-0.05, 0) is 49.4 Å². The van der Waals surface area contributed by atoms with Crippen LogP contribution in [0.3, 0.4) is 0 Å². The van der Waals surface area contributed by atoms with E-state index in [-0.39, 0.29) is 4.90 Å². The van der Waals surface area contributed by atoms with Gasteiger partial charge in [-0.15, -0.1) is 0 Å². The number of carboxylic acid groups (broad SMARTS) is 1. The molecule has 24 heavy (non-hydrogen) atoms. The monoisotopic (exact) mass is 386 g/mol. The molecular formula is C16H15ClO5S2. The molecule has 0 radical (unpaired) electrons. The van der Waals surface area contributed by atoms with Gasteiger partial charge in [0.15, 0.2) is 15.9 Å². The van der Waals surface area contributed by atoms with Crippen molar-refractivity contribution in [3.8, 4) is 5.75 Å². The molecule has 0 bridgehead atoms. The van der Waals surface area contributed by atoms with Crippen LogP contribution in [-0.2, 0) is 14.6 Å². The first-order valence-corrected chi connectivity index (χ1v) is 9.92. The van der Waals surface area contributed by atoms with Crippen LogP contribution in [0.4, 0.5) is 0 Å². The summed E-state index contributed by atoms with van der Waals surface area (Å²) in [6, 6.07) is 11.3. The van der Waals surface area contributed by atoms with Crippen molar-refractivity contribution in [2.45, 2.75) is 27.7 Å². The van der Waals surface area contributed by atoms with Gasteiger partial charge in [0.25, 0.3) is 0 Å². The Morgan fingerprint density at radius 1 is 1.21 bits per heavy atom. The summed E-state index contributed by atoms with van der Waals surface area (Å²) in [5.41, 5.74) is 0. The molecule has 2 aromatic rings. The van der Waals surface area contributed by atoms with Crippen molar-refractivity contribution in [2.24, 2.45) is 0 Å². The molecule has 1 unspecified atom stereocenters. The highest BCUT2D eigenvalue weighted by Crippen LogP contribution is 2.37. The lowest BCUT2D eigenvalue weighted by Gasteiger charge is -2.14. The normalized spacial score (nSPS) is 12.6. The summed E-state index contributed by atoms with van der Waals surface area (Å²) in [5.74, 6) is -0.676. The van der Waals surface area contributed by atoms with Crippen molar-refractivity contribution < 1.29 is 23.1 Å². The van der Waals surface area contributed by atoms with Gasteiger partial charge in [0.1, 0.15) is 5.75 Å². The van der Waals surface area contributed by atoms with E-state index in [1.165, 1.54) is 30.8 Å². The molecule has 128 valence electrons. The van der Waals surface area contributed by atoms with E-state index in [9.17, 15) is 13.2 Å². The van der Waals surface area contributed by atoms with Crippen LogP contribution in [-0.4, -0.2) is 31.9 Å². The molecule has 0 spiro atoms. The zero-order chi connectivity index (χ0) is 17.9. The Kier molecular flexibility index (Phi) is 5.79. The van der Waals surface area contributed by atoms with E-state index in [2.05, 4.69) is 0 Å². The summed E-state index contributed by atoms with van der Waals surface area (Å²) in [4.78, 5) is 12.6. The second-order valence-electron chi connectivity index (χ2n) is 5.04. The van der Waals surface area contributed by atoms with Crippen LogP contribution < -0.4 is 4.74 Å². The first-order valence-electron chi connectivity index (χ1n) is 6.84. The summed E-state index contributed by atoms with van der Waals surface area (Å²) in [7, 11) is -3.25. The molecule has 2 rings (SSSR count). The second-order valence-corrected chi connectivity index (χ2v) is 8.60. The van der Waals surface area contributed by atoms with Gasteiger partial charge < -0.3 is 9.84 Å². The molecule has 0 aliphatic carbocycles. The predicted octanol–water partition coefficient (Wildman–Crippen LogP) is 3.75. The van der Waals surface area contributed by atoms with E-state index in [1.54, 1.807) is 30.3 Å². The van der Waals surface area contributed by atoms with Gasteiger partial charge in [0, 0.05) is 16.2 Å². The highest BCUT2D eigenvalue weighted by Gasteiger charge is 2.16. The molecular weight excluding hydrogens is 372 g/mol. The minimum Gasteiger partial charge on any atom is -0.479 e. The molecule has 5 nitrogen and oxygen atoms in total. The molecule has 0 saturated heterocycles. The minimum absolute atomic E-state index is 0.230. The number of sulfone groups is 1. The zero-order valence-electron chi connectivity index (χ0n) is 12.9. The SMILES string of the molecule is CC(Oc1ccc(Cl)cc1Sc1ccc(S(C)(=O)=O)cc1)C(=O)O. The molecule has 0 saturated carbocycles. The largest absolute Gasteiger partial charge is 0.479 e. The molecule has 1 N–H and O–H groups in total. The summed E-state index contributed by atoms with van der Waals surface area (Å²) < 4.78 is 28.4. The topological polar surface area (TPSA) is 80.7 Å². The van der Waals surface area contributed by atoms with Crippen LogP contribution in [0.1, 0.15) is 6.92 Å². The number of benzene rings is 2. The maximum absolute atomic E-state index is 11.5. The predicted molar refractivity (Wildman–Crippen MR) is 92.9 cm³/mol. The molecule has 8 heteroatoms. The van der Waals surface area contributed by atoms with Crippen molar-refractivity contribution in [3.63, 3.8) is 0 Å². The quantitative estimate of drug-likeness (QED) is 0.814. The maximum Gasteiger partial charge on any atom is 0.344 e. The maximum atomic E-state index is 11.5. The van der Waals surface area contributed by atoms with Gasteiger partial charge >= 0.3 is 5.97 Å². The second kappa shape index (κ2) is 7.46. The molecule has 0 amide bonds. The van der Waals surface area contributed by atoms with Gasteiger partial charge in [-0.3, -0.25) is 0 Å². The average molecular weight is 387 g/mol. The fraction of sp³-hybridized carbons (Fsp3) is 0.188. The minimum atomic E-state index is -3.25. The highest BCUT2D eigenvalue weighted by atomic mass is 35.5. The Morgan fingerprint density at radius 3 is 2.38 bits per heavy atom. The van der Waals surface area contributed by atoms with Crippen LogP contribution >= 0.6 is 23.4 Å². The standard InChI is InChI=1S/C16H15ClO5S2/c1-10(16(18)19)22-14-8-3-11(17)9-15(14)23-12-4-6-13(7-5-12)24(2,20)21/h3-10H,1-2H3,(H,18,19). The van der Waals surface area contributed by atoms with Crippen molar-refractivity contribution in [3.05, 3.63) is 47.5 Å². The fourth-order valence-corrected chi connectivity index (χ4v) is 3.58. The Labute approximate surface area is 149 Å². The van der Waals surface area contributed by atoms with E-state index in [0.717, 1.165) is 11.2 Å². The van der Waals surface area contributed by atoms with Crippen molar-refractivity contribution in [1.82, 2.24) is 0 Å². The smallest absolute Gasteiger partial charge is 0.344 e. The van der Waals surface area contributed by atoms with Crippen LogP contribution in [0.5, 0.6) is 5.75 Å². The zero-order valence-corrected chi connectivity index (χ0v) is 15.3. The van der Waals surface area contributed by atoms with Crippen molar-refractivity contribution >= 4 is 39.2 Å². The van der Waals surface area contributed by atoms with Crippen LogP contribution in [0.2, 0.25) is 5.02 Å². The average Bonchev–Trinajstić information content (AvgIpc) is 2.49.